The molecule has 1 aromatic carbocycles. The van der Waals surface area contributed by atoms with E-state index < -0.39 is 12.1 Å². The maximum atomic E-state index is 12.4. The van der Waals surface area contributed by atoms with Crippen molar-refractivity contribution in [3.8, 4) is 0 Å². The summed E-state index contributed by atoms with van der Waals surface area (Å²) in [5.41, 5.74) is 0.730. The number of aliphatic carboxylic acids is 1. The molecule has 1 atom stereocenters. The van der Waals surface area contributed by atoms with Crippen LogP contribution in [0.15, 0.2) is 24.3 Å². The number of hydrogen-bond acceptors (Lipinski definition) is 4. The molecule has 1 saturated heterocycles. The summed E-state index contributed by atoms with van der Waals surface area (Å²) in [7, 11) is 1.51. The van der Waals surface area contributed by atoms with Gasteiger partial charge in [0.2, 0.25) is 0 Å². The van der Waals surface area contributed by atoms with Crippen LogP contribution in [0.3, 0.4) is 0 Å². The fourth-order valence-corrected chi connectivity index (χ4v) is 2.10. The Hall–Kier alpha value is -2.41. The van der Waals surface area contributed by atoms with Crippen molar-refractivity contribution in [2.24, 2.45) is 0 Å². The standard InChI is InChI=1S/C14H16N2O5/c1-15-12(17)9-3-2-4-10(7-9)13(18)16-5-6-21-11(8-16)14(19)20/h2-4,7,11H,5-6,8H2,1H3,(H,15,17)(H,19,20). The topological polar surface area (TPSA) is 95.9 Å². The van der Waals surface area contributed by atoms with Gasteiger partial charge in [-0.25, -0.2) is 4.79 Å². The first-order valence-corrected chi connectivity index (χ1v) is 6.48. The van der Waals surface area contributed by atoms with Gasteiger partial charge in [-0.15, -0.1) is 0 Å². The van der Waals surface area contributed by atoms with Gasteiger partial charge in [-0.1, -0.05) is 6.07 Å². The molecule has 7 heteroatoms. The quantitative estimate of drug-likeness (QED) is 0.815. The molecule has 1 aliphatic rings. The normalized spacial score (nSPS) is 18.1. The van der Waals surface area contributed by atoms with Gasteiger partial charge in [0.05, 0.1) is 13.2 Å². The van der Waals surface area contributed by atoms with E-state index >= 15 is 0 Å². The number of nitrogens with zero attached hydrogens (tertiary/aromatic N) is 1. The second kappa shape index (κ2) is 6.36. The molecule has 112 valence electrons. The number of carbonyl (C=O) groups is 3. The lowest BCUT2D eigenvalue weighted by atomic mass is 10.1. The highest BCUT2D eigenvalue weighted by Crippen LogP contribution is 2.12. The molecule has 1 aromatic rings. The SMILES string of the molecule is CNC(=O)c1cccc(C(=O)N2CCOC(C(=O)O)C2)c1. The summed E-state index contributed by atoms with van der Waals surface area (Å²) in [6, 6.07) is 6.31. The van der Waals surface area contributed by atoms with Crippen molar-refractivity contribution < 1.29 is 24.2 Å². The minimum absolute atomic E-state index is 0.00162. The average molecular weight is 292 g/mol. The van der Waals surface area contributed by atoms with Crippen molar-refractivity contribution in [2.45, 2.75) is 6.10 Å². The molecule has 2 rings (SSSR count). The van der Waals surface area contributed by atoms with Crippen molar-refractivity contribution in [1.82, 2.24) is 10.2 Å². The molecule has 0 bridgehead atoms. The molecule has 1 fully saturated rings. The van der Waals surface area contributed by atoms with Gasteiger partial charge in [-0.05, 0) is 18.2 Å². The third kappa shape index (κ3) is 3.38. The zero-order chi connectivity index (χ0) is 15.4. The first-order chi connectivity index (χ1) is 10.0. The summed E-state index contributed by atoms with van der Waals surface area (Å²) < 4.78 is 5.08. The van der Waals surface area contributed by atoms with E-state index in [9.17, 15) is 14.4 Å². The van der Waals surface area contributed by atoms with Crippen LogP contribution < -0.4 is 5.32 Å². The number of morpholine rings is 1. The van der Waals surface area contributed by atoms with Gasteiger partial charge in [0.15, 0.2) is 6.10 Å². The first kappa shape index (κ1) is 15.0. The summed E-state index contributed by atoms with van der Waals surface area (Å²) in [6.45, 7) is 0.503. The number of carboxylic acid groups (broad SMARTS) is 1. The molecule has 0 spiro atoms. The Kier molecular flexibility index (Phi) is 4.54. The lowest BCUT2D eigenvalue weighted by Crippen LogP contribution is -2.48. The second-order valence-electron chi connectivity index (χ2n) is 4.61. The Morgan fingerprint density at radius 3 is 2.71 bits per heavy atom. The largest absolute Gasteiger partial charge is 0.479 e. The Morgan fingerprint density at radius 2 is 2.05 bits per heavy atom. The Labute approximate surface area is 121 Å². The highest BCUT2D eigenvalue weighted by atomic mass is 16.5. The van der Waals surface area contributed by atoms with E-state index in [0.717, 1.165) is 0 Å². The zero-order valence-corrected chi connectivity index (χ0v) is 11.5. The van der Waals surface area contributed by atoms with Gasteiger partial charge in [0, 0.05) is 24.7 Å². The van der Waals surface area contributed by atoms with Crippen LogP contribution in [-0.2, 0) is 9.53 Å². The molecule has 7 nitrogen and oxygen atoms in total. The van der Waals surface area contributed by atoms with Gasteiger partial charge >= 0.3 is 5.97 Å². The minimum atomic E-state index is -1.09. The van der Waals surface area contributed by atoms with Crippen molar-refractivity contribution in [3.05, 3.63) is 35.4 Å². The molecule has 1 heterocycles. The van der Waals surface area contributed by atoms with E-state index in [1.165, 1.54) is 18.0 Å². The van der Waals surface area contributed by atoms with Crippen LogP contribution in [-0.4, -0.2) is 60.6 Å². The van der Waals surface area contributed by atoms with E-state index in [4.69, 9.17) is 9.84 Å². The predicted molar refractivity (Wildman–Crippen MR) is 73.1 cm³/mol. The fourth-order valence-electron chi connectivity index (χ4n) is 2.10. The summed E-state index contributed by atoms with van der Waals surface area (Å²) in [6.07, 6.45) is -1.01. The van der Waals surface area contributed by atoms with Crippen LogP contribution in [0.1, 0.15) is 20.7 Å². The van der Waals surface area contributed by atoms with Gasteiger partial charge in [0.1, 0.15) is 0 Å². The van der Waals surface area contributed by atoms with Crippen molar-refractivity contribution >= 4 is 17.8 Å². The molecule has 0 aliphatic carbocycles. The van der Waals surface area contributed by atoms with E-state index in [1.807, 2.05) is 0 Å². The Balaban J connectivity index is 2.16. The van der Waals surface area contributed by atoms with E-state index in [2.05, 4.69) is 5.32 Å². The van der Waals surface area contributed by atoms with Crippen LogP contribution in [0.4, 0.5) is 0 Å². The van der Waals surface area contributed by atoms with Crippen LogP contribution in [0, 0.1) is 0 Å². The monoisotopic (exact) mass is 292 g/mol. The highest BCUT2D eigenvalue weighted by molar-refractivity contribution is 5.99. The number of rotatable bonds is 3. The summed E-state index contributed by atoms with van der Waals surface area (Å²) >= 11 is 0. The molecule has 0 aromatic heterocycles. The van der Waals surface area contributed by atoms with Gasteiger partial charge in [-0.3, -0.25) is 9.59 Å². The number of amides is 2. The molecule has 2 N–H and O–H groups in total. The third-order valence-corrected chi connectivity index (χ3v) is 3.23. The number of ether oxygens (including phenoxy) is 1. The van der Waals surface area contributed by atoms with Crippen LogP contribution in [0.5, 0.6) is 0 Å². The molecular formula is C14H16N2O5. The first-order valence-electron chi connectivity index (χ1n) is 6.48. The highest BCUT2D eigenvalue weighted by Gasteiger charge is 2.29. The zero-order valence-electron chi connectivity index (χ0n) is 11.5. The van der Waals surface area contributed by atoms with Crippen LogP contribution in [0.2, 0.25) is 0 Å². The maximum Gasteiger partial charge on any atom is 0.334 e. The number of hydrogen-bond donors (Lipinski definition) is 2. The van der Waals surface area contributed by atoms with E-state index in [0.29, 0.717) is 17.7 Å². The predicted octanol–water partition coefficient (Wildman–Crippen LogP) is -0.0282. The summed E-state index contributed by atoms with van der Waals surface area (Å²) in [5, 5.41) is 11.4. The van der Waals surface area contributed by atoms with E-state index in [-0.39, 0.29) is 25.0 Å². The third-order valence-electron chi connectivity index (χ3n) is 3.23. The maximum absolute atomic E-state index is 12.4. The lowest BCUT2D eigenvalue weighted by molar-refractivity contribution is -0.154. The molecule has 2 amide bonds. The second-order valence-corrected chi connectivity index (χ2v) is 4.61. The Morgan fingerprint density at radius 1 is 1.33 bits per heavy atom. The van der Waals surface area contributed by atoms with Gasteiger partial charge in [-0.2, -0.15) is 0 Å². The molecule has 1 aliphatic heterocycles. The van der Waals surface area contributed by atoms with Crippen molar-refractivity contribution in [1.29, 1.82) is 0 Å². The number of carbonyl (C=O) groups excluding carboxylic acids is 2. The van der Waals surface area contributed by atoms with Gasteiger partial charge < -0.3 is 20.1 Å². The van der Waals surface area contributed by atoms with Gasteiger partial charge in [0.25, 0.3) is 11.8 Å². The molecule has 21 heavy (non-hydrogen) atoms. The molecule has 0 radical (unpaired) electrons. The average Bonchev–Trinajstić information content (AvgIpc) is 2.53. The summed E-state index contributed by atoms with van der Waals surface area (Å²) in [4.78, 5) is 36.3. The molecule has 1 unspecified atom stereocenters. The van der Waals surface area contributed by atoms with Crippen LogP contribution >= 0.6 is 0 Å². The molecule has 0 saturated carbocycles. The van der Waals surface area contributed by atoms with Crippen molar-refractivity contribution in [2.75, 3.05) is 26.7 Å². The minimum Gasteiger partial charge on any atom is -0.479 e. The lowest BCUT2D eigenvalue weighted by Gasteiger charge is -2.31. The summed E-state index contributed by atoms with van der Waals surface area (Å²) in [5.74, 6) is -1.68. The number of benzene rings is 1. The van der Waals surface area contributed by atoms with Crippen molar-refractivity contribution in [3.63, 3.8) is 0 Å². The molecular weight excluding hydrogens is 276 g/mol. The Bertz CT molecular complexity index is 572. The number of carboxylic acids is 1. The number of nitrogens with one attached hydrogen (secondary N) is 1. The van der Waals surface area contributed by atoms with E-state index in [1.54, 1.807) is 18.2 Å². The fraction of sp³-hybridized carbons (Fsp3) is 0.357. The van der Waals surface area contributed by atoms with Crippen LogP contribution in [0.25, 0.3) is 0 Å². The smallest absolute Gasteiger partial charge is 0.334 e.